The number of hydrogen-bond donors (Lipinski definition) is 1. The van der Waals surface area contributed by atoms with Crippen LogP contribution in [0.4, 0.5) is 0 Å². The zero-order valence-electron chi connectivity index (χ0n) is 18.9. The molecule has 0 amide bonds. The predicted octanol–water partition coefficient (Wildman–Crippen LogP) is 7.00. The minimum atomic E-state index is -0.253. The topological polar surface area (TPSA) is 46.5 Å². The molecule has 0 fully saturated rings. The molecule has 3 nitrogen and oxygen atoms in total. The predicted molar refractivity (Wildman–Crippen MR) is 118 cm³/mol. The maximum Gasteiger partial charge on any atom is 0.310 e. The van der Waals surface area contributed by atoms with Crippen molar-refractivity contribution < 1.29 is 14.6 Å². The Morgan fingerprint density at radius 2 is 1.46 bits per heavy atom. The summed E-state index contributed by atoms with van der Waals surface area (Å²) in [7, 11) is 0. The van der Waals surface area contributed by atoms with Crippen molar-refractivity contribution in [2.75, 3.05) is 6.61 Å². The third kappa shape index (κ3) is 9.61. The first-order chi connectivity index (χ1) is 13.3. The summed E-state index contributed by atoms with van der Waals surface area (Å²) in [6, 6.07) is 3.93. The second kappa shape index (κ2) is 12.9. The van der Waals surface area contributed by atoms with Crippen LogP contribution in [0, 0.1) is 6.92 Å². The van der Waals surface area contributed by atoms with E-state index in [1.54, 1.807) is 0 Å². The molecule has 1 rings (SSSR count). The third-order valence-electron chi connectivity index (χ3n) is 5.34. The second-order valence-corrected chi connectivity index (χ2v) is 9.13. The molecular formula is C25H42O3. The van der Waals surface area contributed by atoms with Gasteiger partial charge in [0.25, 0.3) is 0 Å². The van der Waals surface area contributed by atoms with Crippen LogP contribution in [0.15, 0.2) is 12.1 Å². The van der Waals surface area contributed by atoms with Crippen LogP contribution >= 0.6 is 0 Å². The summed E-state index contributed by atoms with van der Waals surface area (Å²) in [5.74, 6) is -0.0411. The highest BCUT2D eigenvalue weighted by Crippen LogP contribution is 2.31. The van der Waals surface area contributed by atoms with E-state index in [0.717, 1.165) is 24.0 Å². The standard InChI is InChI=1S/C25H42O3/c1-6-7-8-9-10-11-12-13-14-15-16-28-23(26)19-21-18-22(25(3,4)5)17-20(2)24(21)27/h17-18,27H,6-16,19H2,1-5H3. The smallest absolute Gasteiger partial charge is 0.310 e. The Bertz CT molecular complexity index is 584. The normalized spacial score (nSPS) is 11.6. The molecule has 0 aromatic heterocycles. The van der Waals surface area contributed by atoms with E-state index in [2.05, 4.69) is 27.7 Å². The van der Waals surface area contributed by atoms with E-state index in [1.165, 1.54) is 51.4 Å². The number of benzene rings is 1. The van der Waals surface area contributed by atoms with Gasteiger partial charge < -0.3 is 9.84 Å². The van der Waals surface area contributed by atoms with Gasteiger partial charge in [0.15, 0.2) is 0 Å². The van der Waals surface area contributed by atoms with Crippen molar-refractivity contribution in [3.8, 4) is 5.75 Å². The number of rotatable bonds is 13. The van der Waals surface area contributed by atoms with Gasteiger partial charge in [-0.3, -0.25) is 4.79 Å². The number of ether oxygens (including phenoxy) is 1. The number of carbonyl (C=O) groups is 1. The van der Waals surface area contributed by atoms with Gasteiger partial charge in [-0.25, -0.2) is 0 Å². The van der Waals surface area contributed by atoms with Gasteiger partial charge in [0, 0.05) is 5.56 Å². The Labute approximate surface area is 172 Å². The summed E-state index contributed by atoms with van der Waals surface area (Å²) in [6.45, 7) is 11.0. The van der Waals surface area contributed by atoms with E-state index >= 15 is 0 Å². The van der Waals surface area contributed by atoms with Crippen molar-refractivity contribution in [3.05, 3.63) is 28.8 Å². The summed E-state index contributed by atoms with van der Waals surface area (Å²) >= 11 is 0. The monoisotopic (exact) mass is 390 g/mol. The summed E-state index contributed by atoms with van der Waals surface area (Å²) in [6.07, 6.45) is 12.8. The Morgan fingerprint density at radius 3 is 2.00 bits per heavy atom. The van der Waals surface area contributed by atoms with Crippen molar-refractivity contribution in [1.29, 1.82) is 0 Å². The van der Waals surface area contributed by atoms with Gasteiger partial charge in [-0.2, -0.15) is 0 Å². The van der Waals surface area contributed by atoms with Crippen molar-refractivity contribution >= 4 is 5.97 Å². The first-order valence-corrected chi connectivity index (χ1v) is 11.2. The lowest BCUT2D eigenvalue weighted by molar-refractivity contribution is -0.143. The lowest BCUT2D eigenvalue weighted by atomic mass is 9.84. The number of phenols is 1. The third-order valence-corrected chi connectivity index (χ3v) is 5.34. The van der Waals surface area contributed by atoms with Crippen molar-refractivity contribution in [3.63, 3.8) is 0 Å². The molecule has 1 N–H and O–H groups in total. The van der Waals surface area contributed by atoms with E-state index in [0.29, 0.717) is 12.2 Å². The molecule has 0 saturated carbocycles. The van der Waals surface area contributed by atoms with Crippen LogP contribution in [-0.2, 0) is 21.4 Å². The van der Waals surface area contributed by atoms with Gasteiger partial charge in [-0.05, 0) is 29.9 Å². The quantitative estimate of drug-likeness (QED) is 0.291. The molecule has 0 radical (unpaired) electrons. The molecule has 0 spiro atoms. The van der Waals surface area contributed by atoms with Crippen molar-refractivity contribution in [2.24, 2.45) is 0 Å². The molecule has 0 heterocycles. The number of unbranched alkanes of at least 4 members (excludes halogenated alkanes) is 9. The van der Waals surface area contributed by atoms with Crippen LogP contribution in [0.2, 0.25) is 0 Å². The Kier molecular flexibility index (Phi) is 11.3. The number of aromatic hydroxyl groups is 1. The van der Waals surface area contributed by atoms with E-state index in [-0.39, 0.29) is 23.6 Å². The largest absolute Gasteiger partial charge is 0.507 e. The molecule has 1 aromatic rings. The summed E-state index contributed by atoms with van der Waals surface area (Å²) < 4.78 is 5.39. The Balaban J connectivity index is 2.25. The van der Waals surface area contributed by atoms with E-state index in [1.807, 2.05) is 19.1 Å². The molecule has 160 valence electrons. The van der Waals surface area contributed by atoms with E-state index in [9.17, 15) is 9.90 Å². The fourth-order valence-corrected chi connectivity index (χ4v) is 3.40. The van der Waals surface area contributed by atoms with Crippen LogP contribution in [-0.4, -0.2) is 17.7 Å². The molecule has 0 aliphatic heterocycles. The Hall–Kier alpha value is -1.51. The van der Waals surface area contributed by atoms with Gasteiger partial charge in [0.1, 0.15) is 5.75 Å². The highest BCUT2D eigenvalue weighted by Gasteiger charge is 2.19. The molecule has 0 aliphatic carbocycles. The average molecular weight is 391 g/mol. The average Bonchev–Trinajstić information content (AvgIpc) is 2.62. The fraction of sp³-hybridized carbons (Fsp3) is 0.720. The maximum absolute atomic E-state index is 12.2. The fourth-order valence-electron chi connectivity index (χ4n) is 3.40. The van der Waals surface area contributed by atoms with Crippen LogP contribution in [0.5, 0.6) is 5.75 Å². The van der Waals surface area contributed by atoms with Gasteiger partial charge in [-0.15, -0.1) is 0 Å². The first-order valence-electron chi connectivity index (χ1n) is 11.2. The zero-order valence-corrected chi connectivity index (χ0v) is 18.9. The van der Waals surface area contributed by atoms with Gasteiger partial charge in [0.05, 0.1) is 13.0 Å². The van der Waals surface area contributed by atoms with Crippen molar-refractivity contribution in [1.82, 2.24) is 0 Å². The highest BCUT2D eigenvalue weighted by molar-refractivity contribution is 5.74. The van der Waals surface area contributed by atoms with E-state index in [4.69, 9.17) is 4.74 Å². The van der Waals surface area contributed by atoms with Gasteiger partial charge in [-0.1, -0.05) is 97.6 Å². The molecule has 0 unspecified atom stereocenters. The second-order valence-electron chi connectivity index (χ2n) is 9.13. The van der Waals surface area contributed by atoms with Crippen LogP contribution in [0.3, 0.4) is 0 Å². The number of phenolic OH excluding ortho intramolecular Hbond substituents is 1. The molecule has 0 aliphatic rings. The number of aryl methyl sites for hydroxylation is 1. The minimum Gasteiger partial charge on any atom is -0.507 e. The number of esters is 1. The SMILES string of the molecule is CCCCCCCCCCCCOC(=O)Cc1cc(C(C)(C)C)cc(C)c1O. The number of hydrogen-bond acceptors (Lipinski definition) is 3. The lowest BCUT2D eigenvalue weighted by Gasteiger charge is -2.21. The van der Waals surface area contributed by atoms with E-state index < -0.39 is 0 Å². The molecule has 28 heavy (non-hydrogen) atoms. The summed E-state index contributed by atoms with van der Waals surface area (Å²) in [4.78, 5) is 12.2. The van der Waals surface area contributed by atoms with Gasteiger partial charge in [0.2, 0.25) is 0 Å². The van der Waals surface area contributed by atoms with Crippen LogP contribution < -0.4 is 0 Å². The molecule has 0 bridgehead atoms. The summed E-state index contributed by atoms with van der Waals surface area (Å²) in [5.41, 5.74) is 2.58. The zero-order chi connectivity index (χ0) is 21.0. The van der Waals surface area contributed by atoms with Gasteiger partial charge >= 0.3 is 5.97 Å². The maximum atomic E-state index is 12.2. The van der Waals surface area contributed by atoms with Crippen LogP contribution in [0.1, 0.15) is 109 Å². The molecular weight excluding hydrogens is 348 g/mol. The molecule has 1 aromatic carbocycles. The molecule has 3 heteroatoms. The first kappa shape index (κ1) is 24.5. The lowest BCUT2D eigenvalue weighted by Crippen LogP contribution is -2.14. The molecule has 0 saturated heterocycles. The van der Waals surface area contributed by atoms with Crippen molar-refractivity contribution in [2.45, 2.75) is 111 Å². The summed E-state index contributed by atoms with van der Waals surface area (Å²) in [5, 5.41) is 10.3. The molecule has 0 atom stereocenters. The minimum absolute atomic E-state index is 0.0207. The number of carbonyl (C=O) groups excluding carboxylic acids is 1. The highest BCUT2D eigenvalue weighted by atomic mass is 16.5. The van der Waals surface area contributed by atoms with Crippen LogP contribution in [0.25, 0.3) is 0 Å². The Morgan fingerprint density at radius 1 is 0.929 bits per heavy atom.